The van der Waals surface area contributed by atoms with Gasteiger partial charge in [0.05, 0.1) is 16.2 Å². The predicted molar refractivity (Wildman–Crippen MR) is 83.3 cm³/mol. The lowest BCUT2D eigenvalue weighted by molar-refractivity contribution is 0.744. The summed E-state index contributed by atoms with van der Waals surface area (Å²) in [5.74, 6) is 0.997. The van der Waals surface area contributed by atoms with Crippen molar-refractivity contribution in [3.8, 4) is 0 Å². The molecule has 1 aromatic carbocycles. The molecule has 0 saturated heterocycles. The van der Waals surface area contributed by atoms with Crippen molar-refractivity contribution in [1.29, 1.82) is 0 Å². The predicted octanol–water partition coefficient (Wildman–Crippen LogP) is 4.16. The van der Waals surface area contributed by atoms with Gasteiger partial charge in [0.25, 0.3) is 0 Å². The highest BCUT2D eigenvalue weighted by Gasteiger charge is 2.16. The highest BCUT2D eigenvalue weighted by atomic mass is 35.5. The minimum Gasteiger partial charge on any atom is -0.370 e. The van der Waals surface area contributed by atoms with Crippen LogP contribution in [0.3, 0.4) is 0 Å². The molecule has 104 valence electrons. The van der Waals surface area contributed by atoms with E-state index in [9.17, 15) is 0 Å². The van der Waals surface area contributed by atoms with Gasteiger partial charge < -0.3 is 9.47 Å². The van der Waals surface area contributed by atoms with Crippen LogP contribution in [0.25, 0.3) is 11.0 Å². The molecule has 0 aliphatic rings. The molecule has 0 unspecified atom stereocenters. The molecule has 0 radical (unpaired) electrons. The normalized spacial score (nSPS) is 11.2. The van der Waals surface area contributed by atoms with E-state index in [1.54, 1.807) is 0 Å². The van der Waals surface area contributed by atoms with Crippen LogP contribution < -0.4 is 4.90 Å². The van der Waals surface area contributed by atoms with Crippen LogP contribution in [0.5, 0.6) is 0 Å². The molecule has 0 saturated carbocycles. The first-order valence-corrected chi connectivity index (χ1v) is 7.34. The summed E-state index contributed by atoms with van der Waals surface area (Å²) in [7, 11) is 2.06. The van der Waals surface area contributed by atoms with Crippen molar-refractivity contribution >= 4 is 28.3 Å². The highest BCUT2D eigenvalue weighted by Crippen LogP contribution is 2.32. The van der Waals surface area contributed by atoms with Crippen molar-refractivity contribution < 1.29 is 0 Å². The number of benzene rings is 1. The summed E-state index contributed by atoms with van der Waals surface area (Å²) in [6.45, 7) is 8.57. The Morgan fingerprint density at radius 1 is 1.21 bits per heavy atom. The maximum Gasteiger partial charge on any atom is 0.109 e. The molecule has 0 aliphatic heterocycles. The first-order chi connectivity index (χ1) is 9.10. The van der Waals surface area contributed by atoms with Crippen molar-refractivity contribution in [2.24, 2.45) is 7.05 Å². The Hall–Kier alpha value is -1.22. The average molecular weight is 280 g/mol. The van der Waals surface area contributed by atoms with Crippen molar-refractivity contribution in [3.63, 3.8) is 0 Å². The summed E-state index contributed by atoms with van der Waals surface area (Å²) in [4.78, 5) is 7.01. The zero-order valence-corrected chi connectivity index (χ0v) is 13.0. The smallest absolute Gasteiger partial charge is 0.109 e. The Morgan fingerprint density at radius 3 is 2.42 bits per heavy atom. The molecule has 0 bridgehead atoms. The Labute approximate surface area is 120 Å². The number of rotatable bonds is 5. The Kier molecular flexibility index (Phi) is 4.35. The monoisotopic (exact) mass is 279 g/mol. The molecular weight excluding hydrogens is 258 g/mol. The lowest BCUT2D eigenvalue weighted by atomic mass is 10.2. The number of anilines is 1. The molecular formula is C15H22ClN3. The summed E-state index contributed by atoms with van der Waals surface area (Å²) in [6, 6.07) is 4.08. The van der Waals surface area contributed by atoms with Gasteiger partial charge >= 0.3 is 0 Å². The molecule has 19 heavy (non-hydrogen) atoms. The van der Waals surface area contributed by atoms with E-state index in [1.165, 1.54) is 5.69 Å². The van der Waals surface area contributed by atoms with Gasteiger partial charge in [-0.1, -0.05) is 25.4 Å². The van der Waals surface area contributed by atoms with Gasteiger partial charge in [-0.05, 0) is 31.9 Å². The number of fused-ring (bicyclic) bond motifs is 1. The van der Waals surface area contributed by atoms with E-state index in [4.69, 9.17) is 11.6 Å². The Morgan fingerprint density at radius 2 is 1.84 bits per heavy atom. The van der Waals surface area contributed by atoms with Gasteiger partial charge in [-0.2, -0.15) is 0 Å². The fourth-order valence-electron chi connectivity index (χ4n) is 2.53. The summed E-state index contributed by atoms with van der Waals surface area (Å²) >= 11 is 6.28. The second-order valence-corrected chi connectivity index (χ2v) is 5.38. The van der Waals surface area contributed by atoms with Crippen LogP contribution in [0.4, 0.5) is 5.69 Å². The zero-order chi connectivity index (χ0) is 14.0. The molecule has 3 nitrogen and oxygen atoms in total. The first kappa shape index (κ1) is 14.2. The Bertz CT molecular complexity index is 568. The summed E-state index contributed by atoms with van der Waals surface area (Å²) in [6.07, 6.45) is 2.28. The summed E-state index contributed by atoms with van der Waals surface area (Å²) < 4.78 is 2.13. The topological polar surface area (TPSA) is 21.1 Å². The Balaban J connectivity index is 2.62. The molecule has 1 aromatic heterocycles. The quantitative estimate of drug-likeness (QED) is 0.819. The van der Waals surface area contributed by atoms with E-state index in [1.807, 2.05) is 13.0 Å². The molecule has 0 fully saturated rings. The second-order valence-electron chi connectivity index (χ2n) is 4.97. The SMILES string of the molecule is CCCN(CCC)c1ccc(Cl)c2nc(C)n(C)c12. The van der Waals surface area contributed by atoms with Crippen LogP contribution in [0.2, 0.25) is 5.02 Å². The molecule has 0 N–H and O–H groups in total. The van der Waals surface area contributed by atoms with Gasteiger partial charge in [0.2, 0.25) is 0 Å². The van der Waals surface area contributed by atoms with Crippen LogP contribution in [0.1, 0.15) is 32.5 Å². The highest BCUT2D eigenvalue weighted by molar-refractivity contribution is 6.35. The lowest BCUT2D eigenvalue weighted by Gasteiger charge is -2.25. The third kappa shape index (κ3) is 2.57. The van der Waals surface area contributed by atoms with E-state index >= 15 is 0 Å². The summed E-state index contributed by atoms with van der Waals surface area (Å²) in [5, 5.41) is 0.732. The van der Waals surface area contributed by atoms with E-state index in [0.717, 1.165) is 47.8 Å². The summed E-state index contributed by atoms with van der Waals surface area (Å²) in [5.41, 5.74) is 3.30. The third-order valence-electron chi connectivity index (χ3n) is 3.50. The van der Waals surface area contributed by atoms with Crippen LogP contribution in [-0.2, 0) is 7.05 Å². The maximum absolute atomic E-state index is 6.28. The number of halogens is 1. The molecule has 2 rings (SSSR count). The van der Waals surface area contributed by atoms with E-state index in [0.29, 0.717) is 0 Å². The minimum atomic E-state index is 0.732. The van der Waals surface area contributed by atoms with Crippen molar-refractivity contribution in [1.82, 2.24) is 9.55 Å². The molecule has 2 aromatic rings. The molecule has 0 aliphatic carbocycles. The minimum absolute atomic E-state index is 0.732. The number of aromatic nitrogens is 2. The van der Waals surface area contributed by atoms with Gasteiger partial charge in [-0.15, -0.1) is 0 Å². The van der Waals surface area contributed by atoms with Crippen molar-refractivity contribution in [2.75, 3.05) is 18.0 Å². The fourth-order valence-corrected chi connectivity index (χ4v) is 2.72. The van der Waals surface area contributed by atoms with Gasteiger partial charge in [0.15, 0.2) is 0 Å². The molecule has 0 spiro atoms. The van der Waals surface area contributed by atoms with Crippen LogP contribution >= 0.6 is 11.6 Å². The van der Waals surface area contributed by atoms with Gasteiger partial charge in [0, 0.05) is 20.1 Å². The van der Waals surface area contributed by atoms with Crippen LogP contribution in [0.15, 0.2) is 12.1 Å². The van der Waals surface area contributed by atoms with Crippen molar-refractivity contribution in [3.05, 3.63) is 23.0 Å². The number of nitrogens with zero attached hydrogens (tertiary/aromatic N) is 3. The lowest BCUT2D eigenvalue weighted by Crippen LogP contribution is -2.25. The van der Waals surface area contributed by atoms with Crippen LogP contribution in [-0.4, -0.2) is 22.6 Å². The molecule has 0 amide bonds. The number of hydrogen-bond donors (Lipinski definition) is 0. The number of hydrogen-bond acceptors (Lipinski definition) is 2. The van der Waals surface area contributed by atoms with Crippen molar-refractivity contribution in [2.45, 2.75) is 33.6 Å². The number of imidazole rings is 1. The average Bonchev–Trinajstić information content (AvgIpc) is 2.68. The maximum atomic E-state index is 6.28. The molecule has 0 atom stereocenters. The fraction of sp³-hybridized carbons (Fsp3) is 0.533. The van der Waals surface area contributed by atoms with Crippen LogP contribution in [0, 0.1) is 6.92 Å². The van der Waals surface area contributed by atoms with E-state index in [2.05, 4.69) is 41.4 Å². The zero-order valence-electron chi connectivity index (χ0n) is 12.2. The van der Waals surface area contributed by atoms with Gasteiger partial charge in [-0.3, -0.25) is 0 Å². The van der Waals surface area contributed by atoms with E-state index < -0.39 is 0 Å². The molecule has 4 heteroatoms. The number of aryl methyl sites for hydroxylation is 2. The third-order valence-corrected chi connectivity index (χ3v) is 3.81. The largest absolute Gasteiger partial charge is 0.370 e. The van der Waals surface area contributed by atoms with Gasteiger partial charge in [-0.25, -0.2) is 4.98 Å². The van der Waals surface area contributed by atoms with E-state index in [-0.39, 0.29) is 0 Å². The first-order valence-electron chi connectivity index (χ1n) is 6.96. The standard InChI is InChI=1S/C15H22ClN3/c1-5-9-19(10-6-2)13-8-7-12(16)14-15(13)18(4)11(3)17-14/h7-8H,5-6,9-10H2,1-4H3. The van der Waals surface area contributed by atoms with Gasteiger partial charge in [0.1, 0.15) is 11.3 Å². The second kappa shape index (κ2) is 5.83. The molecule has 1 heterocycles.